The number of halogens is 1. The van der Waals surface area contributed by atoms with Gasteiger partial charge in [0.15, 0.2) is 12.0 Å². The van der Waals surface area contributed by atoms with E-state index in [0.29, 0.717) is 24.1 Å². The summed E-state index contributed by atoms with van der Waals surface area (Å²) in [6, 6.07) is -0.0216. The van der Waals surface area contributed by atoms with Crippen molar-refractivity contribution in [3.8, 4) is 5.95 Å². The molecule has 0 aromatic carbocycles. The lowest BCUT2D eigenvalue weighted by atomic mass is 9.80. The van der Waals surface area contributed by atoms with E-state index in [2.05, 4.69) is 41.7 Å². The van der Waals surface area contributed by atoms with Gasteiger partial charge in [-0.15, -0.1) is 5.10 Å². The summed E-state index contributed by atoms with van der Waals surface area (Å²) in [5.41, 5.74) is 1.10. The maximum absolute atomic E-state index is 14.6. The van der Waals surface area contributed by atoms with Crippen LogP contribution in [0.15, 0.2) is 37.2 Å². The molecule has 1 aliphatic heterocycles. The summed E-state index contributed by atoms with van der Waals surface area (Å²) in [6.45, 7) is 7.99. The van der Waals surface area contributed by atoms with E-state index in [9.17, 15) is 4.39 Å². The Morgan fingerprint density at radius 1 is 1.40 bits per heavy atom. The SMILES string of the molecule is C=C/C=C\CC(C)(C)[C@@H]1C[C@H](F)c2nc(-n3cc(C4CC4)cn3)nn21. The molecule has 25 heavy (non-hydrogen) atoms. The zero-order chi connectivity index (χ0) is 17.6. The third kappa shape index (κ3) is 2.94. The van der Waals surface area contributed by atoms with Gasteiger partial charge in [-0.2, -0.15) is 10.1 Å². The van der Waals surface area contributed by atoms with Gasteiger partial charge >= 0.3 is 0 Å². The summed E-state index contributed by atoms with van der Waals surface area (Å²) in [6.07, 6.45) is 12.2. The first-order valence-corrected chi connectivity index (χ1v) is 8.92. The second-order valence-corrected chi connectivity index (χ2v) is 7.78. The topological polar surface area (TPSA) is 48.5 Å². The standard InChI is InChI=1S/C19H24FN5/c1-4-5-6-9-19(2,3)16-10-15(20)17-22-18(23-25(16)17)24-12-14(11-21-24)13-7-8-13/h4-6,11-13,15-16H,1,7-10H2,2-3H3/b6-5-/t15-,16-/m0/s1. The van der Waals surface area contributed by atoms with Crippen molar-refractivity contribution < 1.29 is 4.39 Å². The molecule has 0 bridgehead atoms. The normalized spacial score (nSPS) is 23.3. The lowest BCUT2D eigenvalue weighted by molar-refractivity contribution is 0.190. The summed E-state index contributed by atoms with van der Waals surface area (Å²) < 4.78 is 18.0. The molecule has 1 aliphatic carbocycles. The fourth-order valence-electron chi connectivity index (χ4n) is 3.59. The van der Waals surface area contributed by atoms with Gasteiger partial charge in [-0.25, -0.2) is 13.8 Å². The molecule has 0 amide bonds. The molecule has 2 aliphatic rings. The van der Waals surface area contributed by atoms with Crippen molar-refractivity contribution in [2.75, 3.05) is 0 Å². The molecule has 2 aromatic rings. The van der Waals surface area contributed by atoms with Crippen LogP contribution in [0.4, 0.5) is 4.39 Å². The van der Waals surface area contributed by atoms with Gasteiger partial charge in [-0.3, -0.25) is 0 Å². The van der Waals surface area contributed by atoms with Crippen molar-refractivity contribution in [1.82, 2.24) is 24.5 Å². The van der Waals surface area contributed by atoms with E-state index < -0.39 is 6.17 Å². The summed E-state index contributed by atoms with van der Waals surface area (Å²) in [7, 11) is 0. The molecule has 0 radical (unpaired) electrons. The van der Waals surface area contributed by atoms with Crippen molar-refractivity contribution in [3.63, 3.8) is 0 Å². The van der Waals surface area contributed by atoms with Gasteiger partial charge in [0, 0.05) is 12.6 Å². The summed E-state index contributed by atoms with van der Waals surface area (Å²) in [4.78, 5) is 4.44. The molecule has 5 nitrogen and oxygen atoms in total. The number of hydrogen-bond donors (Lipinski definition) is 0. The summed E-state index contributed by atoms with van der Waals surface area (Å²) in [5, 5.41) is 8.97. The predicted molar refractivity (Wildman–Crippen MR) is 94.4 cm³/mol. The number of allylic oxidation sites excluding steroid dienone is 3. The molecule has 0 unspecified atom stereocenters. The van der Waals surface area contributed by atoms with Crippen molar-refractivity contribution in [3.05, 3.63) is 48.6 Å². The van der Waals surface area contributed by atoms with Crippen LogP contribution in [0.2, 0.25) is 0 Å². The van der Waals surface area contributed by atoms with Gasteiger partial charge in [-0.1, -0.05) is 38.7 Å². The van der Waals surface area contributed by atoms with Gasteiger partial charge in [0.25, 0.3) is 5.95 Å². The molecule has 0 spiro atoms. The Hall–Kier alpha value is -2.24. The van der Waals surface area contributed by atoms with Crippen LogP contribution in [-0.2, 0) is 0 Å². The Kier molecular flexibility index (Phi) is 3.85. The van der Waals surface area contributed by atoms with E-state index in [1.807, 2.05) is 18.5 Å². The largest absolute Gasteiger partial charge is 0.269 e. The fourth-order valence-corrected chi connectivity index (χ4v) is 3.59. The molecule has 1 fully saturated rings. The van der Waals surface area contributed by atoms with E-state index >= 15 is 0 Å². The third-order valence-electron chi connectivity index (χ3n) is 5.33. The smallest absolute Gasteiger partial charge is 0.241 e. The van der Waals surface area contributed by atoms with Crippen LogP contribution < -0.4 is 0 Å². The number of alkyl halides is 1. The van der Waals surface area contributed by atoms with Crippen LogP contribution in [0.5, 0.6) is 0 Å². The lowest BCUT2D eigenvalue weighted by Crippen LogP contribution is -2.25. The second kappa shape index (κ2) is 5.93. The zero-order valence-corrected chi connectivity index (χ0v) is 14.8. The van der Waals surface area contributed by atoms with Crippen LogP contribution >= 0.6 is 0 Å². The maximum atomic E-state index is 14.6. The Bertz CT molecular complexity index is 812. The van der Waals surface area contributed by atoms with Gasteiger partial charge < -0.3 is 0 Å². The van der Waals surface area contributed by atoms with E-state index in [0.717, 1.165) is 6.42 Å². The Morgan fingerprint density at radius 2 is 2.20 bits per heavy atom. The molecule has 132 valence electrons. The average molecular weight is 341 g/mol. The zero-order valence-electron chi connectivity index (χ0n) is 14.8. The third-order valence-corrected chi connectivity index (χ3v) is 5.33. The van der Waals surface area contributed by atoms with E-state index in [4.69, 9.17) is 0 Å². The van der Waals surface area contributed by atoms with Gasteiger partial charge in [-0.05, 0) is 36.2 Å². The van der Waals surface area contributed by atoms with Crippen molar-refractivity contribution in [1.29, 1.82) is 0 Å². The summed E-state index contributed by atoms with van der Waals surface area (Å²) in [5.74, 6) is 1.51. The highest BCUT2D eigenvalue weighted by molar-refractivity contribution is 5.22. The molecule has 2 aromatic heterocycles. The molecular formula is C19H24FN5. The summed E-state index contributed by atoms with van der Waals surface area (Å²) >= 11 is 0. The minimum absolute atomic E-state index is 0.0216. The molecule has 3 heterocycles. The average Bonchev–Trinajstić information content (AvgIpc) is 3.03. The number of nitrogens with zero attached hydrogens (tertiary/aromatic N) is 5. The molecular weight excluding hydrogens is 317 g/mol. The van der Waals surface area contributed by atoms with Gasteiger partial charge in [0.05, 0.1) is 12.2 Å². The number of rotatable bonds is 6. The number of fused-ring (bicyclic) bond motifs is 1. The quantitative estimate of drug-likeness (QED) is 0.729. The van der Waals surface area contributed by atoms with E-state index in [1.165, 1.54) is 18.4 Å². The van der Waals surface area contributed by atoms with Crippen molar-refractivity contribution in [2.45, 2.75) is 57.7 Å². The van der Waals surface area contributed by atoms with Crippen LogP contribution in [0.3, 0.4) is 0 Å². The highest BCUT2D eigenvalue weighted by Gasteiger charge is 2.42. The highest BCUT2D eigenvalue weighted by Crippen LogP contribution is 2.47. The van der Waals surface area contributed by atoms with E-state index in [1.54, 1.807) is 15.4 Å². The molecule has 1 saturated carbocycles. The number of aromatic nitrogens is 5. The Balaban J connectivity index is 1.62. The Morgan fingerprint density at radius 3 is 2.92 bits per heavy atom. The molecule has 2 atom stereocenters. The predicted octanol–water partition coefficient (Wildman–Crippen LogP) is 4.46. The van der Waals surface area contributed by atoms with Crippen molar-refractivity contribution >= 4 is 0 Å². The Labute approximate surface area is 147 Å². The molecule has 6 heteroatoms. The number of hydrogen-bond acceptors (Lipinski definition) is 3. The minimum Gasteiger partial charge on any atom is -0.241 e. The van der Waals surface area contributed by atoms with E-state index in [-0.39, 0.29) is 11.5 Å². The van der Waals surface area contributed by atoms with Crippen molar-refractivity contribution in [2.24, 2.45) is 5.41 Å². The fraction of sp³-hybridized carbons (Fsp3) is 0.526. The first-order valence-electron chi connectivity index (χ1n) is 8.92. The lowest BCUT2D eigenvalue weighted by Gasteiger charge is -2.30. The monoisotopic (exact) mass is 341 g/mol. The first kappa shape index (κ1) is 16.2. The highest BCUT2D eigenvalue weighted by atomic mass is 19.1. The van der Waals surface area contributed by atoms with Gasteiger partial charge in [0.2, 0.25) is 0 Å². The van der Waals surface area contributed by atoms with Crippen LogP contribution in [0.25, 0.3) is 5.95 Å². The first-order chi connectivity index (χ1) is 12.0. The molecule has 0 saturated heterocycles. The molecule has 0 N–H and O–H groups in total. The second-order valence-electron chi connectivity index (χ2n) is 7.78. The maximum Gasteiger partial charge on any atom is 0.269 e. The van der Waals surface area contributed by atoms with Crippen LogP contribution in [0, 0.1) is 5.41 Å². The minimum atomic E-state index is -1.08. The van der Waals surface area contributed by atoms with Crippen LogP contribution in [0.1, 0.15) is 69.1 Å². The van der Waals surface area contributed by atoms with Gasteiger partial charge in [0.1, 0.15) is 0 Å². The molecule has 4 rings (SSSR count). The van der Waals surface area contributed by atoms with Crippen LogP contribution in [-0.4, -0.2) is 24.5 Å².